The van der Waals surface area contributed by atoms with Gasteiger partial charge in [-0.2, -0.15) is 0 Å². The Bertz CT molecular complexity index is 1870. The fraction of sp³-hybridized carbons (Fsp3) is 0.510. The van der Waals surface area contributed by atoms with E-state index in [0.717, 1.165) is 122 Å². The number of rotatable bonds is 18. The normalized spacial score (nSPS) is 17.5. The lowest BCUT2D eigenvalue weighted by molar-refractivity contribution is -0.138. The quantitative estimate of drug-likeness (QED) is 0.0566. The van der Waals surface area contributed by atoms with E-state index in [1.807, 2.05) is 78.9 Å². The maximum Gasteiger partial charge on any atom is 0.494 e. The number of ether oxygens (including phenoxy) is 6. The second-order valence-electron chi connectivity index (χ2n) is 17.7. The van der Waals surface area contributed by atoms with E-state index in [1.54, 1.807) is 0 Å². The molecule has 0 bridgehead atoms. The number of nitrogen functional groups attached to an aromatic ring is 2. The van der Waals surface area contributed by atoms with Crippen molar-refractivity contribution >= 4 is 39.9 Å². The third kappa shape index (κ3) is 16.2. The zero-order valence-corrected chi connectivity index (χ0v) is 38.1. The average molecular weight is 906 g/mol. The number of anilines is 2. The lowest BCUT2D eigenvalue weighted by Crippen LogP contribution is -2.43. The van der Waals surface area contributed by atoms with Gasteiger partial charge in [0.25, 0.3) is 0 Å². The van der Waals surface area contributed by atoms with Crippen LogP contribution >= 0.6 is 15.9 Å². The van der Waals surface area contributed by atoms with Crippen LogP contribution in [0.1, 0.15) is 74.7 Å². The first-order valence-electron chi connectivity index (χ1n) is 21.1. The summed E-state index contributed by atoms with van der Waals surface area (Å²) < 4.78 is 47.0. The third-order valence-electron chi connectivity index (χ3n) is 10.9. The van der Waals surface area contributed by atoms with E-state index >= 15 is 0 Å². The lowest BCUT2D eigenvalue weighted by atomic mass is 9.79. The molecule has 0 radical (unpaired) electrons. The third-order valence-corrected chi connectivity index (χ3v) is 11.4. The van der Waals surface area contributed by atoms with Crippen LogP contribution in [0.4, 0.5) is 11.4 Å². The minimum absolute atomic E-state index is 0. The number of halogens is 1. The predicted molar refractivity (Wildman–Crippen MR) is 253 cm³/mol. The van der Waals surface area contributed by atoms with Crippen LogP contribution in [0.2, 0.25) is 0 Å². The minimum Gasteiger partial charge on any atom is -0.494 e. The Hall–Kier alpha value is -3.62. The number of benzene rings is 4. The van der Waals surface area contributed by atoms with E-state index in [9.17, 15) is 0 Å². The van der Waals surface area contributed by atoms with Crippen LogP contribution in [0.25, 0.3) is 11.1 Å². The molecule has 3 heterocycles. The number of hydrogen-bond acceptors (Lipinski definition) is 10. The van der Waals surface area contributed by atoms with E-state index in [-0.39, 0.29) is 36.6 Å². The van der Waals surface area contributed by atoms with Gasteiger partial charge in [0, 0.05) is 39.9 Å². The molecule has 3 saturated heterocycles. The minimum atomic E-state index is -0.358. The number of unbranched alkanes of at least 4 members (excludes halogenated alkanes) is 2. The lowest BCUT2D eigenvalue weighted by Gasteiger charge is -2.37. The molecular formula is C49H70BBrN2O8. The summed E-state index contributed by atoms with van der Waals surface area (Å²) in [5, 5.41) is 0. The van der Waals surface area contributed by atoms with Crippen molar-refractivity contribution in [3.8, 4) is 22.6 Å². The number of nitrogens with two attached hydrogens (primary N) is 2. The first kappa shape index (κ1) is 50.0. The topological polar surface area (TPSA) is 126 Å². The summed E-state index contributed by atoms with van der Waals surface area (Å²) in [6.45, 7) is 20.4. The Morgan fingerprint density at radius 3 is 1.46 bits per heavy atom. The molecule has 4 aromatic rings. The van der Waals surface area contributed by atoms with Crippen LogP contribution in [0.3, 0.4) is 0 Å². The zero-order valence-electron chi connectivity index (χ0n) is 36.5. The standard InChI is InChI=1S/C21H33BO5.C21H27NO3.C6H6BrN.CH4/c1-19(2)20(3,4)27-22(26-19)17-9-8-10-18(13-17)25-12-7-6-11-23-14-21(5)15-24-16-21;1-21(15-24-16-21)14-23-10-2-3-11-25-20-9-5-7-18(13-20)17-6-4-8-19(22)12-17;7-5-2-1-3-6(8)4-5;/h8-10,13H,6-7,11-12,14-16H2,1-5H3;4-9,12-13H,2-3,10-11,14-16,22H2,1H3;1-4H,8H2;1H4. The van der Waals surface area contributed by atoms with Crippen molar-refractivity contribution in [3.63, 3.8) is 0 Å². The van der Waals surface area contributed by atoms with Gasteiger partial charge in [-0.1, -0.05) is 79.7 Å². The molecule has 0 spiro atoms. The molecule has 4 aromatic carbocycles. The summed E-state index contributed by atoms with van der Waals surface area (Å²) in [6, 6.07) is 31.6. The largest absolute Gasteiger partial charge is 0.494 e. The van der Waals surface area contributed by atoms with Gasteiger partial charge in [0.2, 0.25) is 0 Å². The van der Waals surface area contributed by atoms with E-state index in [0.29, 0.717) is 13.2 Å². The highest BCUT2D eigenvalue weighted by molar-refractivity contribution is 9.10. The monoisotopic (exact) mass is 904 g/mol. The predicted octanol–water partition coefficient (Wildman–Crippen LogP) is 10.0. The first-order valence-corrected chi connectivity index (χ1v) is 21.9. The summed E-state index contributed by atoms with van der Waals surface area (Å²) in [5.74, 6) is 1.74. The molecule has 7 rings (SSSR count). The first-order chi connectivity index (χ1) is 28.6. The molecule has 0 amide bonds. The molecule has 0 saturated carbocycles. The van der Waals surface area contributed by atoms with Crippen molar-refractivity contribution in [2.45, 2.75) is 85.9 Å². The molecule has 61 heavy (non-hydrogen) atoms. The van der Waals surface area contributed by atoms with Gasteiger partial charge in [0.1, 0.15) is 11.5 Å². The van der Waals surface area contributed by atoms with Gasteiger partial charge in [-0.05, 0) is 125 Å². The SMILES string of the molecule is C.CC1(COCCCCOc2cccc(-c3cccc(N)c3)c2)COC1.CC1(COCCCCOc2cccc(B3OC(C)(C)C(C)(C)O3)c2)COC1.Nc1cccc(Br)c1. The van der Waals surface area contributed by atoms with E-state index in [1.165, 1.54) is 0 Å². The summed E-state index contributed by atoms with van der Waals surface area (Å²) in [7, 11) is -0.358. The van der Waals surface area contributed by atoms with E-state index < -0.39 is 0 Å². The Kier molecular flexibility index (Phi) is 19.5. The van der Waals surface area contributed by atoms with Gasteiger partial charge in [-0.25, -0.2) is 0 Å². The molecule has 334 valence electrons. The van der Waals surface area contributed by atoms with Crippen molar-refractivity contribution in [1.82, 2.24) is 0 Å². The van der Waals surface area contributed by atoms with Gasteiger partial charge < -0.3 is 49.2 Å². The Morgan fingerprint density at radius 1 is 0.557 bits per heavy atom. The van der Waals surface area contributed by atoms with Crippen LogP contribution in [0.15, 0.2) is 102 Å². The second-order valence-corrected chi connectivity index (χ2v) is 18.6. The van der Waals surface area contributed by atoms with Crippen LogP contribution < -0.4 is 26.4 Å². The summed E-state index contributed by atoms with van der Waals surface area (Å²) in [6.07, 6.45) is 3.95. The van der Waals surface area contributed by atoms with Gasteiger partial charge in [-0.15, -0.1) is 0 Å². The van der Waals surface area contributed by atoms with Crippen molar-refractivity contribution in [3.05, 3.63) is 102 Å². The molecule has 4 N–H and O–H groups in total. The summed E-state index contributed by atoms with van der Waals surface area (Å²) >= 11 is 3.28. The Labute approximate surface area is 374 Å². The smallest absolute Gasteiger partial charge is 0.494 e. The molecule has 0 atom stereocenters. The zero-order chi connectivity index (χ0) is 43.1. The van der Waals surface area contributed by atoms with Gasteiger partial charge in [-0.3, -0.25) is 0 Å². The molecule has 0 aliphatic carbocycles. The van der Waals surface area contributed by atoms with Crippen molar-refractivity contribution in [2.24, 2.45) is 10.8 Å². The fourth-order valence-corrected chi connectivity index (χ4v) is 6.83. The molecule has 10 nitrogen and oxygen atoms in total. The highest BCUT2D eigenvalue weighted by Gasteiger charge is 2.51. The summed E-state index contributed by atoms with van der Waals surface area (Å²) in [5.41, 5.74) is 15.8. The van der Waals surface area contributed by atoms with Crippen LogP contribution in [0.5, 0.6) is 11.5 Å². The van der Waals surface area contributed by atoms with Crippen LogP contribution in [-0.2, 0) is 28.3 Å². The molecule has 0 aromatic heterocycles. The summed E-state index contributed by atoms with van der Waals surface area (Å²) in [4.78, 5) is 0. The maximum absolute atomic E-state index is 6.11. The van der Waals surface area contributed by atoms with Crippen molar-refractivity contribution in [2.75, 3.05) is 77.5 Å². The molecule has 3 aliphatic heterocycles. The highest BCUT2D eigenvalue weighted by Crippen LogP contribution is 2.37. The maximum atomic E-state index is 6.11. The van der Waals surface area contributed by atoms with Gasteiger partial charge in [0.05, 0.1) is 64.1 Å². The van der Waals surface area contributed by atoms with Gasteiger partial charge in [0.15, 0.2) is 0 Å². The molecule has 12 heteroatoms. The molecule has 0 unspecified atom stereocenters. The molecule has 3 aliphatic rings. The Balaban J connectivity index is 0.000000224. The fourth-order valence-electron chi connectivity index (χ4n) is 6.42. The van der Waals surface area contributed by atoms with E-state index in [4.69, 9.17) is 49.2 Å². The van der Waals surface area contributed by atoms with Crippen molar-refractivity contribution < 1.29 is 37.7 Å². The van der Waals surface area contributed by atoms with Gasteiger partial charge >= 0.3 is 7.12 Å². The number of hydrogen-bond donors (Lipinski definition) is 2. The molecular weight excluding hydrogens is 835 g/mol. The average Bonchev–Trinajstić information content (AvgIpc) is 3.42. The second kappa shape index (κ2) is 23.7. The van der Waals surface area contributed by atoms with Crippen LogP contribution in [0, 0.1) is 10.8 Å². The highest BCUT2D eigenvalue weighted by atomic mass is 79.9. The Morgan fingerprint density at radius 2 is 1.00 bits per heavy atom. The molecule has 3 fully saturated rings. The van der Waals surface area contributed by atoms with E-state index in [2.05, 4.69) is 75.7 Å². The van der Waals surface area contributed by atoms with Crippen LogP contribution in [-0.4, -0.2) is 84.4 Å². The van der Waals surface area contributed by atoms with Crippen molar-refractivity contribution in [1.29, 1.82) is 0 Å².